The smallest absolute Gasteiger partial charge is 0.308 e. The number of carboxylic acid groups (broad SMARTS) is 1. The van der Waals surface area contributed by atoms with E-state index in [1.165, 1.54) is 4.88 Å². The molecule has 1 unspecified atom stereocenters. The highest BCUT2D eigenvalue weighted by Crippen LogP contribution is 2.40. The van der Waals surface area contributed by atoms with Crippen molar-refractivity contribution in [1.82, 2.24) is 24.5 Å². The van der Waals surface area contributed by atoms with E-state index in [1.807, 2.05) is 43.1 Å². The molecule has 4 heterocycles. The molecule has 33 heavy (non-hydrogen) atoms. The van der Waals surface area contributed by atoms with Gasteiger partial charge in [0.15, 0.2) is 5.82 Å². The summed E-state index contributed by atoms with van der Waals surface area (Å²) in [5, 5.41) is 23.7. The number of rotatable bonds is 4. The summed E-state index contributed by atoms with van der Waals surface area (Å²) in [6.45, 7) is 7.74. The highest BCUT2D eigenvalue weighted by atomic mass is 32.1. The number of carbonyl (C=O) groups is 1. The van der Waals surface area contributed by atoms with Gasteiger partial charge >= 0.3 is 5.97 Å². The molecule has 0 bridgehead atoms. The lowest BCUT2D eigenvalue weighted by atomic mass is 9.97. The standard InChI is InChI=1S/C24H24N6O2S/c1-12-14(3)33-23-19(12)21(17-8-6-16(7-9-17)18-10-25-29(5)11-18)26-20(13(2)24(31)32)22-28-27-15(4)30(22)23/h6-11,13,20H,1-5H3,(H,31,32)/t13-,20?/m0/s1. The number of carboxylic acids is 1. The second-order valence-corrected chi connectivity index (χ2v) is 9.64. The average molecular weight is 461 g/mol. The predicted octanol–water partition coefficient (Wildman–Crippen LogP) is 4.27. The van der Waals surface area contributed by atoms with Gasteiger partial charge in [0, 0.05) is 34.8 Å². The molecule has 0 radical (unpaired) electrons. The van der Waals surface area contributed by atoms with Gasteiger partial charge in [0.2, 0.25) is 0 Å². The minimum atomic E-state index is -0.916. The normalized spacial score (nSPS) is 16.0. The number of aryl methyl sites for hydroxylation is 3. The summed E-state index contributed by atoms with van der Waals surface area (Å²) in [7, 11) is 1.89. The van der Waals surface area contributed by atoms with Crippen LogP contribution >= 0.6 is 11.3 Å². The summed E-state index contributed by atoms with van der Waals surface area (Å²) in [4.78, 5) is 18.2. The highest BCUT2D eigenvalue weighted by molar-refractivity contribution is 7.15. The number of hydrogen-bond acceptors (Lipinski definition) is 6. The minimum Gasteiger partial charge on any atom is -0.481 e. The van der Waals surface area contributed by atoms with Gasteiger partial charge in [0.05, 0.1) is 17.8 Å². The molecule has 9 heteroatoms. The third kappa shape index (κ3) is 3.39. The van der Waals surface area contributed by atoms with Crippen LogP contribution in [0, 0.1) is 26.7 Å². The Morgan fingerprint density at radius 1 is 1.09 bits per heavy atom. The van der Waals surface area contributed by atoms with Gasteiger partial charge in [-0.3, -0.25) is 19.0 Å². The lowest BCUT2D eigenvalue weighted by molar-refractivity contribution is -0.141. The Bertz CT molecular complexity index is 1410. The van der Waals surface area contributed by atoms with E-state index in [0.29, 0.717) is 5.82 Å². The van der Waals surface area contributed by atoms with Crippen molar-refractivity contribution in [2.24, 2.45) is 18.0 Å². The highest BCUT2D eigenvalue weighted by Gasteiger charge is 2.36. The van der Waals surface area contributed by atoms with Crippen molar-refractivity contribution in [2.75, 3.05) is 0 Å². The van der Waals surface area contributed by atoms with Crippen LogP contribution in [0.25, 0.3) is 16.1 Å². The maximum atomic E-state index is 12.0. The van der Waals surface area contributed by atoms with Crippen LogP contribution in [0.5, 0.6) is 0 Å². The van der Waals surface area contributed by atoms with Crippen LogP contribution in [0.1, 0.15) is 46.2 Å². The van der Waals surface area contributed by atoms with Crippen molar-refractivity contribution in [3.05, 3.63) is 69.9 Å². The summed E-state index contributed by atoms with van der Waals surface area (Å²) in [5.74, 6) is -0.391. The quantitative estimate of drug-likeness (QED) is 0.490. The fourth-order valence-corrected chi connectivity index (χ4v) is 5.42. The number of aromatic nitrogens is 5. The molecule has 8 nitrogen and oxygen atoms in total. The molecule has 0 saturated carbocycles. The van der Waals surface area contributed by atoms with E-state index in [-0.39, 0.29) is 0 Å². The Kier molecular flexibility index (Phi) is 5.01. The molecule has 0 spiro atoms. The number of benzene rings is 1. The number of thiophene rings is 1. The Morgan fingerprint density at radius 3 is 2.42 bits per heavy atom. The second-order valence-electron chi connectivity index (χ2n) is 8.43. The average Bonchev–Trinajstić information content (AvgIpc) is 3.44. The van der Waals surface area contributed by atoms with E-state index in [2.05, 4.69) is 41.3 Å². The van der Waals surface area contributed by atoms with E-state index < -0.39 is 17.9 Å². The molecule has 1 N–H and O–H groups in total. The summed E-state index contributed by atoms with van der Waals surface area (Å²) in [5.41, 5.74) is 5.96. The number of aliphatic carboxylic acids is 1. The summed E-state index contributed by atoms with van der Waals surface area (Å²) >= 11 is 1.66. The molecule has 0 saturated heterocycles. The van der Waals surface area contributed by atoms with E-state index >= 15 is 0 Å². The summed E-state index contributed by atoms with van der Waals surface area (Å²) < 4.78 is 3.75. The van der Waals surface area contributed by atoms with E-state index in [4.69, 9.17) is 4.99 Å². The first-order chi connectivity index (χ1) is 15.8. The maximum absolute atomic E-state index is 12.0. The lowest BCUT2D eigenvalue weighted by Crippen LogP contribution is -2.21. The monoisotopic (exact) mass is 460 g/mol. The molecule has 3 aromatic heterocycles. The third-order valence-corrected chi connectivity index (χ3v) is 7.44. The number of fused-ring (bicyclic) bond motifs is 3. The van der Waals surface area contributed by atoms with Crippen LogP contribution in [0.3, 0.4) is 0 Å². The van der Waals surface area contributed by atoms with Gasteiger partial charge in [-0.15, -0.1) is 21.5 Å². The van der Waals surface area contributed by atoms with Crippen molar-refractivity contribution in [3.63, 3.8) is 0 Å². The number of nitrogens with zero attached hydrogens (tertiary/aromatic N) is 6. The molecule has 0 amide bonds. The Hall–Kier alpha value is -3.59. The Morgan fingerprint density at radius 2 is 1.79 bits per heavy atom. The summed E-state index contributed by atoms with van der Waals surface area (Å²) in [6, 6.07) is 7.53. The van der Waals surface area contributed by atoms with Gasteiger partial charge in [-0.25, -0.2) is 0 Å². The zero-order valence-electron chi connectivity index (χ0n) is 19.1. The maximum Gasteiger partial charge on any atom is 0.308 e. The van der Waals surface area contributed by atoms with E-state index in [0.717, 1.165) is 44.4 Å². The first-order valence-corrected chi connectivity index (χ1v) is 11.5. The van der Waals surface area contributed by atoms with Crippen LogP contribution in [-0.2, 0) is 11.8 Å². The Labute approximate surface area is 195 Å². The predicted molar refractivity (Wildman–Crippen MR) is 127 cm³/mol. The second kappa shape index (κ2) is 7.77. The molecule has 1 aliphatic heterocycles. The van der Waals surface area contributed by atoms with Crippen LogP contribution in [-0.4, -0.2) is 41.3 Å². The molecule has 1 aromatic carbocycles. The lowest BCUT2D eigenvalue weighted by Gasteiger charge is -2.16. The molecule has 1 aliphatic rings. The fraction of sp³-hybridized carbons (Fsp3) is 0.292. The Balaban J connectivity index is 1.72. The molecular weight excluding hydrogens is 436 g/mol. The fourth-order valence-electron chi connectivity index (χ4n) is 4.21. The molecule has 2 atom stereocenters. The van der Waals surface area contributed by atoms with Gasteiger partial charge in [-0.2, -0.15) is 5.10 Å². The molecule has 168 valence electrons. The molecule has 0 fully saturated rings. The minimum absolute atomic E-state index is 0.562. The molecular formula is C24H24N6O2S. The first-order valence-electron chi connectivity index (χ1n) is 10.7. The van der Waals surface area contributed by atoms with E-state index in [9.17, 15) is 9.90 Å². The van der Waals surface area contributed by atoms with Crippen molar-refractivity contribution >= 4 is 23.0 Å². The number of hydrogen-bond donors (Lipinski definition) is 1. The van der Waals surface area contributed by atoms with Gasteiger partial charge in [-0.1, -0.05) is 24.3 Å². The van der Waals surface area contributed by atoms with Crippen molar-refractivity contribution < 1.29 is 9.90 Å². The van der Waals surface area contributed by atoms with Crippen molar-refractivity contribution in [3.8, 4) is 16.1 Å². The molecule has 5 rings (SSSR count). The topological polar surface area (TPSA) is 98.2 Å². The van der Waals surface area contributed by atoms with Gasteiger partial charge < -0.3 is 5.11 Å². The first kappa shape index (κ1) is 21.3. The SMILES string of the molecule is Cc1sc2c(c1C)C(c1ccc(-c3cnn(C)c3)cc1)=NC([C@H](C)C(=O)O)c1nnc(C)n1-2. The van der Waals surface area contributed by atoms with Gasteiger partial charge in [0.1, 0.15) is 16.9 Å². The van der Waals surface area contributed by atoms with Gasteiger partial charge in [0.25, 0.3) is 0 Å². The zero-order valence-corrected chi connectivity index (χ0v) is 19.9. The van der Waals surface area contributed by atoms with Crippen LogP contribution in [0.15, 0.2) is 41.7 Å². The van der Waals surface area contributed by atoms with Crippen LogP contribution in [0.4, 0.5) is 0 Å². The van der Waals surface area contributed by atoms with Gasteiger partial charge in [-0.05, 0) is 38.8 Å². The molecule has 0 aliphatic carbocycles. The van der Waals surface area contributed by atoms with Crippen molar-refractivity contribution in [1.29, 1.82) is 0 Å². The van der Waals surface area contributed by atoms with E-state index in [1.54, 1.807) is 22.9 Å². The largest absolute Gasteiger partial charge is 0.481 e. The molecule has 4 aromatic rings. The van der Waals surface area contributed by atoms with Crippen LogP contribution < -0.4 is 0 Å². The van der Waals surface area contributed by atoms with Crippen LogP contribution in [0.2, 0.25) is 0 Å². The number of aliphatic imine (C=N–C) groups is 1. The summed E-state index contributed by atoms with van der Waals surface area (Å²) in [6.07, 6.45) is 3.81. The zero-order chi connectivity index (χ0) is 23.4. The van der Waals surface area contributed by atoms with Crippen molar-refractivity contribution in [2.45, 2.75) is 33.7 Å². The third-order valence-electron chi connectivity index (χ3n) is 6.25.